The fraction of sp³-hybridized carbons (Fsp3) is 0.864. The van der Waals surface area contributed by atoms with Gasteiger partial charge >= 0.3 is 23.9 Å². The highest BCUT2D eigenvalue weighted by molar-refractivity contribution is 8.77. The lowest BCUT2D eigenvalue weighted by atomic mass is 9.43. The Labute approximate surface area is 353 Å². The van der Waals surface area contributed by atoms with E-state index < -0.39 is 34.0 Å². The Balaban J connectivity index is 1.35. The van der Waals surface area contributed by atoms with Crippen molar-refractivity contribution in [1.29, 1.82) is 0 Å². The Morgan fingerprint density at radius 2 is 1.39 bits per heavy atom. The zero-order valence-corrected chi connectivity index (χ0v) is 39.6. The van der Waals surface area contributed by atoms with Gasteiger partial charge in [0.1, 0.15) is 22.2 Å². The number of carboxylic acids is 2. The lowest BCUT2D eigenvalue weighted by Crippen LogP contribution is -2.56. The van der Waals surface area contributed by atoms with E-state index in [0.29, 0.717) is 29.3 Å². The molecule has 5 unspecified atom stereocenters. The van der Waals surface area contributed by atoms with Gasteiger partial charge < -0.3 is 19.7 Å². The zero-order chi connectivity index (χ0) is 42.0. The largest absolute Gasteiger partial charge is 0.481 e. The van der Waals surface area contributed by atoms with Crippen LogP contribution in [0.25, 0.3) is 0 Å². The molecule has 0 amide bonds. The van der Waals surface area contributed by atoms with Crippen molar-refractivity contribution in [3.05, 3.63) is 11.1 Å². The molecule has 0 bridgehead atoms. The second-order valence-corrected chi connectivity index (χ2v) is 25.2. The average molecular weight is 857 g/mol. The van der Waals surface area contributed by atoms with Crippen LogP contribution in [-0.4, -0.2) is 67.8 Å². The molecule has 2 fully saturated rings. The van der Waals surface area contributed by atoms with Crippen LogP contribution in [0.3, 0.4) is 0 Å². The SMILES string of the molecule is CC(CSSCC(C)C(=O)OC1CC[C@]2(C)C3=C(CC[C@H]2C1(C)C)[C@]1(C)CC[C@H]([C@H](C)CCCC(C)(C)OC(=O)C(C)SSC(C)C(=O)O)[C@@]1(C)CC3)C(=O)O. The summed E-state index contributed by atoms with van der Waals surface area (Å²) in [6.45, 7) is 25.9. The van der Waals surface area contributed by atoms with Crippen LogP contribution in [0, 0.1) is 51.2 Å². The summed E-state index contributed by atoms with van der Waals surface area (Å²) in [7, 11) is 5.54. The van der Waals surface area contributed by atoms with E-state index in [1.54, 1.807) is 42.7 Å². The number of rotatable bonds is 19. The Morgan fingerprint density at radius 3 is 2.02 bits per heavy atom. The van der Waals surface area contributed by atoms with Crippen LogP contribution in [-0.2, 0) is 28.7 Å². The molecule has 0 aromatic carbocycles. The fourth-order valence-electron chi connectivity index (χ4n) is 11.2. The maximum absolute atomic E-state index is 13.3. The lowest BCUT2D eigenvalue weighted by molar-refractivity contribution is -0.173. The van der Waals surface area contributed by atoms with Crippen LogP contribution < -0.4 is 0 Å². The van der Waals surface area contributed by atoms with Crippen molar-refractivity contribution < 1.29 is 38.9 Å². The van der Waals surface area contributed by atoms with Gasteiger partial charge in [-0.2, -0.15) is 0 Å². The predicted octanol–water partition coefficient (Wildman–Crippen LogP) is 11.8. The summed E-state index contributed by atoms with van der Waals surface area (Å²) in [5.41, 5.74) is 3.31. The number of ether oxygens (including phenoxy) is 2. The fourth-order valence-corrected chi connectivity index (χ4v) is 15.9. The van der Waals surface area contributed by atoms with Gasteiger partial charge in [0.25, 0.3) is 0 Å². The van der Waals surface area contributed by atoms with Gasteiger partial charge in [0.05, 0.1) is 11.8 Å². The van der Waals surface area contributed by atoms with Crippen molar-refractivity contribution in [2.24, 2.45) is 51.2 Å². The molecule has 4 aliphatic carbocycles. The van der Waals surface area contributed by atoms with E-state index in [1.165, 1.54) is 51.6 Å². The molecule has 320 valence electrons. The number of hydrogen-bond acceptors (Lipinski definition) is 10. The predicted molar refractivity (Wildman–Crippen MR) is 235 cm³/mol. The summed E-state index contributed by atoms with van der Waals surface area (Å²) < 4.78 is 12.3. The van der Waals surface area contributed by atoms with Crippen LogP contribution in [0.2, 0.25) is 0 Å². The normalized spacial score (nSPS) is 32.5. The highest BCUT2D eigenvalue weighted by atomic mass is 33.1. The Kier molecular flexibility index (Phi) is 16.0. The van der Waals surface area contributed by atoms with Gasteiger partial charge in [0.2, 0.25) is 0 Å². The minimum absolute atomic E-state index is 0.106. The zero-order valence-electron chi connectivity index (χ0n) is 36.3. The number of aliphatic carboxylic acids is 2. The summed E-state index contributed by atoms with van der Waals surface area (Å²) in [6, 6.07) is 0. The van der Waals surface area contributed by atoms with Crippen molar-refractivity contribution in [2.45, 2.75) is 176 Å². The molecule has 0 heterocycles. The molecule has 0 saturated heterocycles. The first-order valence-corrected chi connectivity index (χ1v) is 25.9. The number of carbonyl (C=O) groups is 4. The Morgan fingerprint density at radius 1 is 0.768 bits per heavy atom. The number of carboxylic acid groups (broad SMARTS) is 2. The van der Waals surface area contributed by atoms with E-state index in [0.717, 1.165) is 51.4 Å². The molecule has 0 aromatic heterocycles. The van der Waals surface area contributed by atoms with Gasteiger partial charge in [-0.3, -0.25) is 19.2 Å². The highest BCUT2D eigenvalue weighted by Gasteiger charge is 2.63. The highest BCUT2D eigenvalue weighted by Crippen LogP contribution is 2.72. The molecule has 4 rings (SSSR count). The van der Waals surface area contributed by atoms with Crippen molar-refractivity contribution in [1.82, 2.24) is 0 Å². The van der Waals surface area contributed by atoms with Gasteiger partial charge in [0, 0.05) is 16.9 Å². The Bertz CT molecular complexity index is 1480. The van der Waals surface area contributed by atoms with Gasteiger partial charge in [-0.05, 0) is 126 Å². The van der Waals surface area contributed by atoms with Gasteiger partial charge in [-0.15, -0.1) is 0 Å². The maximum atomic E-state index is 13.3. The number of allylic oxidation sites excluding steroid dienone is 2. The molecule has 0 aliphatic heterocycles. The van der Waals surface area contributed by atoms with E-state index in [4.69, 9.17) is 19.7 Å². The van der Waals surface area contributed by atoms with Gasteiger partial charge in [0.15, 0.2) is 0 Å². The first kappa shape index (κ1) is 47.7. The second-order valence-electron chi connectivity index (χ2n) is 19.7. The summed E-state index contributed by atoms with van der Waals surface area (Å²) in [5.74, 6) is 0.0590. The maximum Gasteiger partial charge on any atom is 0.320 e. The molecule has 8 nitrogen and oxygen atoms in total. The third-order valence-electron chi connectivity index (χ3n) is 15.1. The molecule has 4 aliphatic rings. The van der Waals surface area contributed by atoms with E-state index in [1.807, 2.05) is 20.8 Å². The number of esters is 2. The molecular weight excluding hydrogens is 785 g/mol. The van der Waals surface area contributed by atoms with E-state index in [2.05, 4.69) is 41.5 Å². The molecule has 0 radical (unpaired) electrons. The van der Waals surface area contributed by atoms with Crippen LogP contribution in [0.4, 0.5) is 0 Å². The van der Waals surface area contributed by atoms with Crippen LogP contribution >= 0.6 is 43.2 Å². The van der Waals surface area contributed by atoms with Crippen LogP contribution in [0.1, 0.15) is 154 Å². The summed E-state index contributed by atoms with van der Waals surface area (Å²) in [4.78, 5) is 48.5. The molecule has 12 heteroatoms. The van der Waals surface area contributed by atoms with E-state index in [-0.39, 0.29) is 45.6 Å². The first-order valence-electron chi connectivity index (χ1n) is 21.1. The molecular formula is C44H72O8S4. The molecule has 2 N–H and O–H groups in total. The molecule has 0 spiro atoms. The summed E-state index contributed by atoms with van der Waals surface area (Å²) in [6.07, 6.45) is 11.9. The first-order chi connectivity index (χ1) is 25.9. The monoisotopic (exact) mass is 856 g/mol. The number of hydrogen-bond donors (Lipinski definition) is 2. The average Bonchev–Trinajstić information content (AvgIpc) is 3.40. The van der Waals surface area contributed by atoms with Crippen molar-refractivity contribution >= 4 is 67.1 Å². The second kappa shape index (κ2) is 18.7. The van der Waals surface area contributed by atoms with E-state index in [9.17, 15) is 19.2 Å². The number of carbonyl (C=O) groups excluding carboxylic acids is 2. The quantitative estimate of drug-likeness (QED) is 0.0555. The minimum atomic E-state index is -0.884. The molecule has 0 aromatic rings. The summed E-state index contributed by atoms with van der Waals surface area (Å²) >= 11 is 0. The molecule has 56 heavy (non-hydrogen) atoms. The van der Waals surface area contributed by atoms with Gasteiger partial charge in [-0.25, -0.2) is 0 Å². The molecule has 11 atom stereocenters. The van der Waals surface area contributed by atoms with Crippen LogP contribution in [0.5, 0.6) is 0 Å². The topological polar surface area (TPSA) is 127 Å². The lowest BCUT2D eigenvalue weighted by Gasteiger charge is -2.62. The van der Waals surface area contributed by atoms with E-state index >= 15 is 0 Å². The third kappa shape index (κ3) is 10.1. The van der Waals surface area contributed by atoms with Crippen molar-refractivity contribution in [3.8, 4) is 0 Å². The van der Waals surface area contributed by atoms with Crippen molar-refractivity contribution in [2.75, 3.05) is 11.5 Å². The smallest absolute Gasteiger partial charge is 0.320 e. The minimum Gasteiger partial charge on any atom is -0.481 e. The van der Waals surface area contributed by atoms with Crippen molar-refractivity contribution in [3.63, 3.8) is 0 Å². The van der Waals surface area contributed by atoms with Gasteiger partial charge in [-0.1, -0.05) is 116 Å². The standard InChI is InChI=1S/C44H72O8S4/c1-26(14-13-20-40(6,7)52-39(50)30(5)56-55-29(4)37(47)48)31-17-22-44(12)33-15-16-34-41(8,9)35(19-21-42(34,10)32(33)18-23-43(31,44)11)51-38(49)28(3)25-54-53-24-27(2)36(45)46/h26-31,34-35H,13-25H2,1-12H3,(H,45,46)(H,47,48)/t26-,27?,28?,29?,30?,31-,34+,35?,42-,43-,44+/m1/s1. The third-order valence-corrected chi connectivity index (χ3v) is 21.0. The molecule has 2 saturated carbocycles. The van der Waals surface area contributed by atoms with Crippen LogP contribution in [0.15, 0.2) is 11.1 Å². The Hall–Kier alpha value is -0.980. The number of fused-ring (bicyclic) bond motifs is 4. The summed E-state index contributed by atoms with van der Waals surface area (Å²) in [5, 5.41) is 17.3.